The number of nitrogens with one attached hydrogen (secondary N) is 1. The van der Waals surface area contributed by atoms with Crippen molar-refractivity contribution in [1.29, 1.82) is 0 Å². The molecule has 9 heteroatoms. The van der Waals surface area contributed by atoms with E-state index >= 15 is 0 Å². The van der Waals surface area contributed by atoms with Gasteiger partial charge in [-0.15, -0.1) is 13.2 Å². The van der Waals surface area contributed by atoms with E-state index in [1.807, 2.05) is 0 Å². The number of alkyl halides is 4. The molecule has 0 aliphatic carbocycles. The van der Waals surface area contributed by atoms with Crippen molar-refractivity contribution in [2.45, 2.75) is 18.1 Å². The van der Waals surface area contributed by atoms with Crippen molar-refractivity contribution in [2.24, 2.45) is 0 Å². The maximum atomic E-state index is 12.0. The summed E-state index contributed by atoms with van der Waals surface area (Å²) in [7, 11) is 0. The molecule has 0 aliphatic heterocycles. The molecule has 1 aromatic rings. The van der Waals surface area contributed by atoms with Crippen LogP contribution in [-0.2, 0) is 16.5 Å². The van der Waals surface area contributed by atoms with Gasteiger partial charge in [-0.2, -0.15) is 0 Å². The molecule has 1 aromatic heterocycles. The highest BCUT2D eigenvalue weighted by molar-refractivity contribution is 9.08. The first-order valence-corrected chi connectivity index (χ1v) is 5.63. The number of rotatable bonds is 4. The van der Waals surface area contributed by atoms with Crippen LogP contribution in [0.2, 0.25) is 0 Å². The first-order chi connectivity index (χ1) is 8.24. The minimum absolute atomic E-state index is 0.108. The molecule has 0 saturated heterocycles. The van der Waals surface area contributed by atoms with E-state index in [1.165, 1.54) is 0 Å². The quantitative estimate of drug-likeness (QED) is 0.825. The molecule has 0 spiro atoms. The largest absolute Gasteiger partial charge is 0.573 e. The fourth-order valence-corrected chi connectivity index (χ4v) is 1.75. The molecule has 0 bridgehead atoms. The van der Waals surface area contributed by atoms with Gasteiger partial charge >= 0.3 is 12.3 Å². The van der Waals surface area contributed by atoms with Crippen LogP contribution in [0.25, 0.3) is 0 Å². The fourth-order valence-electron chi connectivity index (χ4n) is 1.25. The number of aromatic nitrogens is 1. The molecule has 0 radical (unpaired) electrons. The molecule has 0 aromatic carbocycles. The third-order valence-electron chi connectivity index (χ3n) is 1.93. The molecule has 0 amide bonds. The molecule has 1 rings (SSSR count). The molecular formula is C9H7BrF3NO4. The monoisotopic (exact) mass is 329 g/mol. The van der Waals surface area contributed by atoms with Crippen LogP contribution in [0, 0.1) is 0 Å². The molecule has 100 valence electrons. The summed E-state index contributed by atoms with van der Waals surface area (Å²) in [5.41, 5.74) is -1.18. The van der Waals surface area contributed by atoms with E-state index in [-0.39, 0.29) is 16.6 Å². The van der Waals surface area contributed by atoms with Crippen LogP contribution in [-0.4, -0.2) is 22.4 Å². The Labute approximate surface area is 107 Å². The van der Waals surface area contributed by atoms with Crippen LogP contribution in [0.3, 0.4) is 0 Å². The van der Waals surface area contributed by atoms with E-state index in [9.17, 15) is 22.8 Å². The summed E-state index contributed by atoms with van der Waals surface area (Å²) >= 11 is 2.99. The van der Waals surface area contributed by atoms with Crippen LogP contribution in [0.5, 0.6) is 5.75 Å². The normalized spacial score (nSPS) is 11.3. The Morgan fingerprint density at radius 1 is 1.50 bits per heavy atom. The summed E-state index contributed by atoms with van der Waals surface area (Å²) in [5.74, 6) is -2.31. The van der Waals surface area contributed by atoms with Gasteiger partial charge in [0.05, 0.1) is 6.42 Å². The number of H-pyrrole nitrogens is 1. The molecule has 18 heavy (non-hydrogen) atoms. The lowest BCUT2D eigenvalue weighted by atomic mass is 10.1. The Morgan fingerprint density at radius 3 is 2.56 bits per heavy atom. The minimum atomic E-state index is -5.01. The van der Waals surface area contributed by atoms with Crippen molar-refractivity contribution in [1.82, 2.24) is 4.98 Å². The van der Waals surface area contributed by atoms with Gasteiger partial charge in [-0.3, -0.25) is 9.59 Å². The summed E-state index contributed by atoms with van der Waals surface area (Å²) in [6.45, 7) is 0. The number of carboxylic acid groups (broad SMARTS) is 1. The van der Waals surface area contributed by atoms with Crippen LogP contribution < -0.4 is 10.2 Å². The number of hydrogen-bond donors (Lipinski definition) is 2. The van der Waals surface area contributed by atoms with Crippen molar-refractivity contribution in [3.05, 3.63) is 27.7 Å². The Balaban J connectivity index is 3.25. The van der Waals surface area contributed by atoms with Crippen LogP contribution >= 0.6 is 15.9 Å². The topological polar surface area (TPSA) is 79.4 Å². The summed E-state index contributed by atoms with van der Waals surface area (Å²) in [5, 5.41) is 8.71. The molecule has 0 unspecified atom stereocenters. The zero-order valence-electron chi connectivity index (χ0n) is 8.68. The zero-order chi connectivity index (χ0) is 13.9. The Morgan fingerprint density at radius 2 is 2.11 bits per heavy atom. The summed E-state index contributed by atoms with van der Waals surface area (Å²) in [6.07, 6.45) is -4.95. The molecule has 0 aliphatic rings. The van der Waals surface area contributed by atoms with Gasteiger partial charge in [-0.25, -0.2) is 0 Å². The van der Waals surface area contributed by atoms with Gasteiger partial charge in [0.1, 0.15) is 0 Å². The third-order valence-corrected chi connectivity index (χ3v) is 2.49. The average Bonchev–Trinajstić information content (AvgIpc) is 2.22. The van der Waals surface area contributed by atoms with E-state index in [2.05, 4.69) is 25.7 Å². The number of pyridine rings is 1. The number of halogens is 4. The summed E-state index contributed by atoms with van der Waals surface area (Å²) in [4.78, 5) is 24.6. The standard InChI is InChI=1S/C9H7BrF3NO4/c10-2-5-4(1-7(15)16)8(17)6(3-14-5)18-9(11,12)13/h3H,1-2H2,(H,14,17)(H,15,16). The number of aromatic amines is 1. The first-order valence-electron chi connectivity index (χ1n) is 4.51. The SMILES string of the molecule is O=C(O)Cc1c(CBr)[nH]cc(OC(F)(F)F)c1=O. The van der Waals surface area contributed by atoms with Crippen molar-refractivity contribution in [2.75, 3.05) is 0 Å². The predicted molar refractivity (Wildman–Crippen MR) is 57.7 cm³/mol. The van der Waals surface area contributed by atoms with Crippen molar-refractivity contribution < 1.29 is 27.8 Å². The highest BCUT2D eigenvalue weighted by atomic mass is 79.9. The average molecular weight is 330 g/mol. The lowest BCUT2D eigenvalue weighted by Gasteiger charge is -2.11. The van der Waals surface area contributed by atoms with Gasteiger partial charge in [-0.05, 0) is 0 Å². The highest BCUT2D eigenvalue weighted by Gasteiger charge is 2.33. The second-order valence-corrected chi connectivity index (χ2v) is 3.75. The highest BCUT2D eigenvalue weighted by Crippen LogP contribution is 2.20. The van der Waals surface area contributed by atoms with Gasteiger partial charge in [0.25, 0.3) is 0 Å². The molecule has 1 heterocycles. The van der Waals surface area contributed by atoms with E-state index in [0.717, 1.165) is 6.20 Å². The second kappa shape index (κ2) is 5.42. The molecule has 0 atom stereocenters. The molecular weight excluding hydrogens is 323 g/mol. The molecule has 2 N–H and O–H groups in total. The lowest BCUT2D eigenvalue weighted by molar-refractivity contribution is -0.275. The van der Waals surface area contributed by atoms with Crippen molar-refractivity contribution in [3.63, 3.8) is 0 Å². The predicted octanol–water partition coefficient (Wildman–Crippen LogP) is 1.80. The van der Waals surface area contributed by atoms with Crippen molar-refractivity contribution >= 4 is 21.9 Å². The first kappa shape index (κ1) is 14.6. The van der Waals surface area contributed by atoms with E-state index < -0.39 is 29.9 Å². The van der Waals surface area contributed by atoms with Gasteiger partial charge in [0.2, 0.25) is 5.43 Å². The Hall–Kier alpha value is -1.51. The van der Waals surface area contributed by atoms with Crippen LogP contribution in [0.15, 0.2) is 11.0 Å². The van der Waals surface area contributed by atoms with Gasteiger partial charge in [-0.1, -0.05) is 15.9 Å². The number of carbonyl (C=O) groups is 1. The smallest absolute Gasteiger partial charge is 0.481 e. The maximum Gasteiger partial charge on any atom is 0.573 e. The van der Waals surface area contributed by atoms with E-state index in [1.54, 1.807) is 0 Å². The summed E-state index contributed by atoms with van der Waals surface area (Å²) < 4.78 is 39.5. The fraction of sp³-hybridized carbons (Fsp3) is 0.333. The second-order valence-electron chi connectivity index (χ2n) is 3.19. The molecule has 0 fully saturated rings. The third kappa shape index (κ3) is 3.76. The van der Waals surface area contributed by atoms with Crippen LogP contribution in [0.1, 0.15) is 11.3 Å². The van der Waals surface area contributed by atoms with Crippen molar-refractivity contribution in [3.8, 4) is 5.75 Å². The van der Waals surface area contributed by atoms with Gasteiger partial charge < -0.3 is 14.8 Å². The number of hydrogen-bond acceptors (Lipinski definition) is 3. The van der Waals surface area contributed by atoms with E-state index in [4.69, 9.17) is 5.11 Å². The van der Waals surface area contributed by atoms with Gasteiger partial charge in [0, 0.05) is 22.8 Å². The van der Waals surface area contributed by atoms with Crippen LogP contribution in [0.4, 0.5) is 13.2 Å². The molecule has 5 nitrogen and oxygen atoms in total. The Bertz CT molecular complexity index is 512. The Kier molecular flexibility index (Phi) is 4.38. The molecule has 0 saturated carbocycles. The number of aliphatic carboxylic acids is 1. The lowest BCUT2D eigenvalue weighted by Crippen LogP contribution is -2.25. The summed E-state index contributed by atoms with van der Waals surface area (Å²) in [6, 6.07) is 0. The van der Waals surface area contributed by atoms with Gasteiger partial charge in [0.15, 0.2) is 5.75 Å². The maximum absolute atomic E-state index is 12.0. The minimum Gasteiger partial charge on any atom is -0.481 e. The number of ether oxygens (including phenoxy) is 1. The zero-order valence-corrected chi connectivity index (χ0v) is 10.3. The number of carboxylic acids is 1. The van der Waals surface area contributed by atoms with E-state index in [0.29, 0.717) is 0 Å².